The van der Waals surface area contributed by atoms with Gasteiger partial charge < -0.3 is 4.42 Å². The lowest BCUT2D eigenvalue weighted by Gasteiger charge is -1.85. The minimum Gasteiger partial charge on any atom is -0.450 e. The molecule has 0 bridgehead atoms. The maximum atomic E-state index is 8.46. The molecule has 0 amide bonds. The summed E-state index contributed by atoms with van der Waals surface area (Å²) in [6, 6.07) is 7.04. The van der Waals surface area contributed by atoms with Crippen LogP contribution in [0.4, 0.5) is 0 Å². The Balaban J connectivity index is 2.93. The van der Waals surface area contributed by atoms with E-state index in [4.69, 9.17) is 14.9 Å². The smallest absolute Gasteiger partial charge is 0.160 e. The highest BCUT2D eigenvalue weighted by molar-refractivity contribution is 7.98. The first kappa shape index (κ1) is 9.44. The van der Waals surface area contributed by atoms with Crippen LogP contribution in [0.2, 0.25) is 0 Å². The fraction of sp³-hybridized carbons (Fsp3) is 0.111. The number of furan rings is 1. The van der Waals surface area contributed by atoms with E-state index in [9.17, 15) is 0 Å². The summed E-state index contributed by atoms with van der Waals surface area (Å²) in [5.74, 6) is 0.530. The molecule has 1 heterocycles. The largest absolute Gasteiger partial charge is 0.450 e. The van der Waals surface area contributed by atoms with E-state index in [2.05, 4.69) is 0 Å². The van der Waals surface area contributed by atoms with Crippen molar-refractivity contribution in [3.63, 3.8) is 0 Å². The molecule has 0 saturated carbocycles. The Morgan fingerprint density at radius 1 is 1.46 bits per heavy atom. The van der Waals surface area contributed by atoms with E-state index in [1.54, 1.807) is 24.3 Å². The van der Waals surface area contributed by atoms with Gasteiger partial charge in [0.1, 0.15) is 23.5 Å². The van der Waals surface area contributed by atoms with Crippen LogP contribution >= 0.6 is 11.8 Å². The molecule has 0 N–H and O–H groups in total. The summed E-state index contributed by atoms with van der Waals surface area (Å²) in [6.45, 7) is 0. The van der Waals surface area contributed by atoms with Crippen LogP contribution in [0.15, 0.2) is 27.2 Å². The molecule has 0 aromatic carbocycles. The minimum atomic E-state index is 0.0435. The van der Waals surface area contributed by atoms with Crippen LogP contribution in [0.5, 0.6) is 0 Å². The van der Waals surface area contributed by atoms with Crippen molar-refractivity contribution in [2.24, 2.45) is 0 Å². The highest BCUT2D eigenvalue weighted by atomic mass is 32.2. The Hall–Kier alpha value is -1.65. The molecule has 1 aromatic heterocycles. The Morgan fingerprint density at radius 3 is 2.62 bits per heavy atom. The average Bonchev–Trinajstić information content (AvgIpc) is 2.61. The van der Waals surface area contributed by atoms with Gasteiger partial charge >= 0.3 is 0 Å². The maximum Gasteiger partial charge on any atom is 0.160 e. The highest BCUT2D eigenvalue weighted by Gasteiger charge is 1.99. The second-order valence-electron chi connectivity index (χ2n) is 2.14. The third kappa shape index (κ3) is 2.40. The monoisotopic (exact) mass is 190 g/mol. The number of rotatable bonds is 2. The average molecular weight is 190 g/mol. The van der Waals surface area contributed by atoms with Gasteiger partial charge in [-0.2, -0.15) is 10.5 Å². The standard InChI is InChI=1S/C9H6N2OS/c1-13-9-3-2-8(12-9)4-7(5-10)6-11/h2-4H,1H3. The summed E-state index contributed by atoms with van der Waals surface area (Å²) in [5.41, 5.74) is 0.0435. The molecule has 0 aliphatic heterocycles. The summed E-state index contributed by atoms with van der Waals surface area (Å²) in [7, 11) is 0. The molecule has 1 rings (SSSR count). The molecule has 13 heavy (non-hydrogen) atoms. The predicted octanol–water partition coefficient (Wildman–Crippen LogP) is 2.43. The van der Waals surface area contributed by atoms with Gasteiger partial charge in [-0.1, -0.05) is 11.8 Å². The summed E-state index contributed by atoms with van der Waals surface area (Å²) >= 11 is 1.47. The first-order valence-electron chi connectivity index (χ1n) is 3.46. The number of allylic oxidation sites excluding steroid dienone is 1. The lowest BCUT2D eigenvalue weighted by atomic mass is 10.3. The fourth-order valence-electron chi connectivity index (χ4n) is 0.753. The lowest BCUT2D eigenvalue weighted by molar-refractivity contribution is 0.467. The molecule has 0 unspecified atom stereocenters. The number of hydrogen-bond acceptors (Lipinski definition) is 4. The molecule has 4 heteroatoms. The van der Waals surface area contributed by atoms with E-state index in [1.807, 2.05) is 6.26 Å². The first-order chi connectivity index (χ1) is 6.30. The summed E-state index contributed by atoms with van der Waals surface area (Å²) < 4.78 is 5.25. The molecule has 0 aliphatic rings. The van der Waals surface area contributed by atoms with Crippen molar-refractivity contribution in [1.29, 1.82) is 10.5 Å². The number of nitriles is 2. The van der Waals surface area contributed by atoms with Gasteiger partial charge in [0.25, 0.3) is 0 Å². The maximum absolute atomic E-state index is 8.46. The van der Waals surface area contributed by atoms with E-state index in [-0.39, 0.29) is 5.57 Å². The normalized spacial score (nSPS) is 8.54. The fourth-order valence-corrected chi connectivity index (χ4v) is 1.14. The zero-order valence-electron chi connectivity index (χ0n) is 6.94. The zero-order valence-corrected chi connectivity index (χ0v) is 7.76. The van der Waals surface area contributed by atoms with Gasteiger partial charge in [-0.3, -0.25) is 0 Å². The van der Waals surface area contributed by atoms with Gasteiger partial charge in [0.05, 0.1) is 0 Å². The second kappa shape index (κ2) is 4.39. The van der Waals surface area contributed by atoms with Gasteiger partial charge in [0, 0.05) is 6.08 Å². The molecule has 0 radical (unpaired) electrons. The van der Waals surface area contributed by atoms with Crippen molar-refractivity contribution >= 4 is 17.8 Å². The van der Waals surface area contributed by atoms with Gasteiger partial charge in [0.2, 0.25) is 0 Å². The number of thioether (sulfide) groups is 1. The second-order valence-corrected chi connectivity index (χ2v) is 2.95. The van der Waals surface area contributed by atoms with Crippen LogP contribution in [0.25, 0.3) is 6.08 Å². The van der Waals surface area contributed by atoms with Crippen LogP contribution < -0.4 is 0 Å². The third-order valence-corrected chi connectivity index (χ3v) is 1.95. The Labute approximate surface area is 80.3 Å². The summed E-state index contributed by atoms with van der Waals surface area (Å²) in [6.07, 6.45) is 3.31. The quantitative estimate of drug-likeness (QED) is 0.530. The predicted molar refractivity (Wildman–Crippen MR) is 49.7 cm³/mol. The lowest BCUT2D eigenvalue weighted by Crippen LogP contribution is -1.70. The van der Waals surface area contributed by atoms with Crippen molar-refractivity contribution in [3.8, 4) is 12.1 Å². The van der Waals surface area contributed by atoms with Gasteiger partial charge in [-0.25, -0.2) is 0 Å². The third-order valence-electron chi connectivity index (χ3n) is 1.33. The van der Waals surface area contributed by atoms with Crippen LogP contribution in [0.3, 0.4) is 0 Å². The molecule has 0 saturated heterocycles. The van der Waals surface area contributed by atoms with E-state index in [1.165, 1.54) is 17.8 Å². The minimum absolute atomic E-state index is 0.0435. The van der Waals surface area contributed by atoms with Crippen LogP contribution in [-0.4, -0.2) is 6.26 Å². The Morgan fingerprint density at radius 2 is 2.15 bits per heavy atom. The molecule has 3 nitrogen and oxygen atoms in total. The van der Waals surface area contributed by atoms with Crippen molar-refractivity contribution in [2.45, 2.75) is 5.09 Å². The van der Waals surface area contributed by atoms with Gasteiger partial charge in [-0.15, -0.1) is 0 Å². The SMILES string of the molecule is CSc1ccc(C=C(C#N)C#N)o1. The van der Waals surface area contributed by atoms with Crippen LogP contribution in [0.1, 0.15) is 5.76 Å². The zero-order chi connectivity index (χ0) is 9.68. The molecule has 0 spiro atoms. The van der Waals surface area contributed by atoms with Crippen molar-refractivity contribution in [1.82, 2.24) is 0 Å². The molecular formula is C9H6N2OS. The summed E-state index contributed by atoms with van der Waals surface area (Å²) in [5, 5.41) is 17.7. The van der Waals surface area contributed by atoms with E-state index >= 15 is 0 Å². The van der Waals surface area contributed by atoms with E-state index in [0.29, 0.717) is 5.76 Å². The topological polar surface area (TPSA) is 60.7 Å². The van der Waals surface area contributed by atoms with E-state index in [0.717, 1.165) is 5.09 Å². The first-order valence-corrected chi connectivity index (χ1v) is 4.68. The van der Waals surface area contributed by atoms with Gasteiger partial charge in [0.15, 0.2) is 5.09 Å². The molecule has 0 aliphatic carbocycles. The van der Waals surface area contributed by atoms with Crippen molar-refractivity contribution in [2.75, 3.05) is 6.26 Å². The summed E-state index contributed by atoms with van der Waals surface area (Å²) in [4.78, 5) is 0. The number of nitrogens with zero attached hydrogens (tertiary/aromatic N) is 2. The molecule has 0 atom stereocenters. The van der Waals surface area contributed by atoms with Crippen molar-refractivity contribution < 1.29 is 4.42 Å². The molecule has 1 aromatic rings. The highest BCUT2D eigenvalue weighted by Crippen LogP contribution is 2.19. The van der Waals surface area contributed by atoms with Crippen LogP contribution in [0, 0.1) is 22.7 Å². The van der Waals surface area contributed by atoms with E-state index < -0.39 is 0 Å². The van der Waals surface area contributed by atoms with Crippen LogP contribution in [-0.2, 0) is 0 Å². The van der Waals surface area contributed by atoms with Gasteiger partial charge in [-0.05, 0) is 18.4 Å². The molecular weight excluding hydrogens is 184 g/mol. The molecule has 64 valence electrons. The molecule has 0 fully saturated rings. The Kier molecular flexibility index (Phi) is 3.19. The number of hydrogen-bond donors (Lipinski definition) is 0. The Bertz CT molecular complexity index is 390. The van der Waals surface area contributed by atoms with Crippen molar-refractivity contribution in [3.05, 3.63) is 23.5 Å².